The Labute approximate surface area is 148 Å². The Morgan fingerprint density at radius 1 is 1.31 bits per heavy atom. The lowest BCUT2D eigenvalue weighted by atomic mass is 10.2. The van der Waals surface area contributed by atoms with Crippen LogP contribution in [-0.4, -0.2) is 25.7 Å². The summed E-state index contributed by atoms with van der Waals surface area (Å²) in [6.45, 7) is 3.74. The first kappa shape index (κ1) is 17.5. The number of amides is 1. The molecule has 1 aromatic carbocycles. The van der Waals surface area contributed by atoms with Gasteiger partial charge in [-0.05, 0) is 31.5 Å². The van der Waals surface area contributed by atoms with Crippen LogP contribution in [0.25, 0.3) is 5.95 Å². The van der Waals surface area contributed by atoms with Gasteiger partial charge in [-0.1, -0.05) is 19.4 Å². The predicted octanol–water partition coefficient (Wildman–Crippen LogP) is 2.61. The van der Waals surface area contributed by atoms with Gasteiger partial charge in [0.1, 0.15) is 11.6 Å². The summed E-state index contributed by atoms with van der Waals surface area (Å²) >= 11 is 0. The minimum atomic E-state index is -0.499. The standard InChI is InChI=1S/C18H18FN5O2/c1-3-5-14-10-16(25)22-18(20-14)24-15(8-11(2)23-24)21-17(26)12-6-4-7-13(19)9-12/h4,6-10H,3,5H2,1-2H3,(H,21,26)(H,20,22,25). The van der Waals surface area contributed by atoms with Crippen LogP contribution in [0.3, 0.4) is 0 Å². The second-order valence-corrected chi connectivity index (χ2v) is 5.86. The molecule has 3 rings (SSSR count). The van der Waals surface area contributed by atoms with Gasteiger partial charge < -0.3 is 5.32 Å². The summed E-state index contributed by atoms with van der Waals surface area (Å²) in [7, 11) is 0. The molecule has 7 nitrogen and oxygen atoms in total. The van der Waals surface area contributed by atoms with Gasteiger partial charge in [0, 0.05) is 23.4 Å². The van der Waals surface area contributed by atoms with Gasteiger partial charge in [-0.25, -0.2) is 9.37 Å². The molecule has 1 amide bonds. The molecule has 0 fully saturated rings. The highest BCUT2D eigenvalue weighted by molar-refractivity contribution is 6.03. The van der Waals surface area contributed by atoms with Crippen LogP contribution < -0.4 is 10.9 Å². The summed E-state index contributed by atoms with van der Waals surface area (Å²) in [6.07, 6.45) is 1.50. The summed E-state index contributed by atoms with van der Waals surface area (Å²) in [6, 6.07) is 8.45. The average molecular weight is 355 g/mol. The van der Waals surface area contributed by atoms with E-state index in [4.69, 9.17) is 0 Å². The van der Waals surface area contributed by atoms with Crippen molar-refractivity contribution in [2.75, 3.05) is 5.32 Å². The number of nitrogens with zero attached hydrogens (tertiary/aromatic N) is 3. The number of hydrogen-bond donors (Lipinski definition) is 2. The van der Waals surface area contributed by atoms with Crippen LogP contribution in [0.1, 0.15) is 35.1 Å². The first-order valence-electron chi connectivity index (χ1n) is 8.20. The Morgan fingerprint density at radius 2 is 2.12 bits per heavy atom. The molecule has 26 heavy (non-hydrogen) atoms. The van der Waals surface area contributed by atoms with Crippen molar-refractivity contribution in [2.24, 2.45) is 0 Å². The molecule has 8 heteroatoms. The number of H-pyrrole nitrogens is 1. The van der Waals surface area contributed by atoms with E-state index in [2.05, 4.69) is 20.4 Å². The Balaban J connectivity index is 1.96. The fourth-order valence-electron chi connectivity index (χ4n) is 2.55. The maximum atomic E-state index is 13.3. The number of rotatable bonds is 5. The topological polar surface area (TPSA) is 92.7 Å². The van der Waals surface area contributed by atoms with E-state index >= 15 is 0 Å². The molecule has 0 spiro atoms. The Kier molecular flexibility index (Phi) is 4.92. The van der Waals surface area contributed by atoms with Gasteiger partial charge in [0.2, 0.25) is 5.95 Å². The number of anilines is 1. The molecule has 0 aliphatic rings. The first-order valence-corrected chi connectivity index (χ1v) is 8.20. The van der Waals surface area contributed by atoms with Gasteiger partial charge in [-0.15, -0.1) is 0 Å². The third kappa shape index (κ3) is 3.85. The Hall–Kier alpha value is -3.29. The molecule has 2 heterocycles. The van der Waals surface area contributed by atoms with E-state index in [1.807, 2.05) is 6.92 Å². The molecule has 0 saturated carbocycles. The Bertz CT molecular complexity index is 1010. The number of aryl methyl sites for hydroxylation is 2. The fraction of sp³-hybridized carbons (Fsp3) is 0.222. The largest absolute Gasteiger partial charge is 0.306 e. The van der Waals surface area contributed by atoms with Crippen LogP contribution in [0.2, 0.25) is 0 Å². The normalized spacial score (nSPS) is 10.7. The summed E-state index contributed by atoms with van der Waals surface area (Å²) in [4.78, 5) is 31.3. The van der Waals surface area contributed by atoms with E-state index in [-0.39, 0.29) is 17.1 Å². The lowest BCUT2D eigenvalue weighted by molar-refractivity contribution is 0.102. The third-order valence-electron chi connectivity index (χ3n) is 3.65. The van der Waals surface area contributed by atoms with Crippen molar-refractivity contribution in [3.05, 3.63) is 69.5 Å². The van der Waals surface area contributed by atoms with Crippen LogP contribution >= 0.6 is 0 Å². The summed E-state index contributed by atoms with van der Waals surface area (Å²) in [5.74, 6) is -0.449. The van der Waals surface area contributed by atoms with E-state index < -0.39 is 11.7 Å². The van der Waals surface area contributed by atoms with Crippen molar-refractivity contribution >= 4 is 11.7 Å². The van der Waals surface area contributed by atoms with Crippen LogP contribution in [-0.2, 0) is 6.42 Å². The number of hydrogen-bond acceptors (Lipinski definition) is 4. The predicted molar refractivity (Wildman–Crippen MR) is 95.1 cm³/mol. The highest BCUT2D eigenvalue weighted by atomic mass is 19.1. The molecule has 0 radical (unpaired) electrons. The average Bonchev–Trinajstić information content (AvgIpc) is 2.95. The molecular weight excluding hydrogens is 337 g/mol. The SMILES string of the molecule is CCCc1cc(=O)[nH]c(-n2nc(C)cc2NC(=O)c2cccc(F)c2)n1. The number of aromatic amines is 1. The number of aromatic nitrogens is 4. The molecule has 0 unspecified atom stereocenters. The van der Waals surface area contributed by atoms with Gasteiger partial charge >= 0.3 is 0 Å². The van der Waals surface area contributed by atoms with E-state index in [0.29, 0.717) is 23.6 Å². The molecule has 2 N–H and O–H groups in total. The fourth-order valence-corrected chi connectivity index (χ4v) is 2.55. The zero-order valence-electron chi connectivity index (χ0n) is 14.4. The monoisotopic (exact) mass is 355 g/mol. The third-order valence-corrected chi connectivity index (χ3v) is 3.65. The number of carbonyl (C=O) groups excluding carboxylic acids is 1. The second-order valence-electron chi connectivity index (χ2n) is 5.86. The molecule has 0 saturated heterocycles. The van der Waals surface area contributed by atoms with Crippen LogP contribution in [0, 0.1) is 12.7 Å². The minimum absolute atomic E-state index is 0.177. The van der Waals surface area contributed by atoms with Crippen molar-refractivity contribution in [1.29, 1.82) is 0 Å². The Morgan fingerprint density at radius 3 is 2.85 bits per heavy atom. The summed E-state index contributed by atoms with van der Waals surface area (Å²) in [5.41, 5.74) is 1.15. The number of benzene rings is 1. The van der Waals surface area contributed by atoms with E-state index in [1.165, 1.54) is 28.9 Å². The van der Waals surface area contributed by atoms with Gasteiger partial charge in [-0.3, -0.25) is 14.6 Å². The first-order chi connectivity index (χ1) is 12.5. The van der Waals surface area contributed by atoms with Crippen molar-refractivity contribution in [3.8, 4) is 5.95 Å². The molecule has 0 bridgehead atoms. The van der Waals surface area contributed by atoms with Crippen LogP contribution in [0.15, 0.2) is 41.2 Å². The van der Waals surface area contributed by atoms with Crippen molar-refractivity contribution in [1.82, 2.24) is 19.7 Å². The van der Waals surface area contributed by atoms with E-state index in [9.17, 15) is 14.0 Å². The minimum Gasteiger partial charge on any atom is -0.306 e. The van der Waals surface area contributed by atoms with Gasteiger partial charge in [0.25, 0.3) is 11.5 Å². The summed E-state index contributed by atoms with van der Waals surface area (Å²) < 4.78 is 14.7. The molecular formula is C18H18FN5O2. The lowest BCUT2D eigenvalue weighted by Crippen LogP contribution is -2.19. The van der Waals surface area contributed by atoms with Crippen LogP contribution in [0.5, 0.6) is 0 Å². The van der Waals surface area contributed by atoms with Gasteiger partial charge in [0.15, 0.2) is 0 Å². The van der Waals surface area contributed by atoms with Gasteiger partial charge in [0.05, 0.1) is 5.69 Å². The number of carbonyl (C=O) groups is 1. The van der Waals surface area contributed by atoms with Gasteiger partial charge in [-0.2, -0.15) is 9.78 Å². The van der Waals surface area contributed by atoms with Crippen molar-refractivity contribution < 1.29 is 9.18 Å². The quantitative estimate of drug-likeness (QED) is 0.736. The number of halogens is 1. The molecule has 2 aromatic heterocycles. The summed E-state index contributed by atoms with van der Waals surface area (Å²) in [5, 5.41) is 6.96. The van der Waals surface area contributed by atoms with E-state index in [0.717, 1.165) is 12.5 Å². The molecule has 0 aliphatic heterocycles. The van der Waals surface area contributed by atoms with Crippen LogP contribution in [0.4, 0.5) is 10.2 Å². The lowest BCUT2D eigenvalue weighted by Gasteiger charge is -2.09. The molecule has 0 aliphatic carbocycles. The zero-order valence-corrected chi connectivity index (χ0v) is 14.4. The maximum Gasteiger partial charge on any atom is 0.256 e. The smallest absolute Gasteiger partial charge is 0.256 e. The van der Waals surface area contributed by atoms with Crippen molar-refractivity contribution in [2.45, 2.75) is 26.7 Å². The van der Waals surface area contributed by atoms with Crippen molar-refractivity contribution in [3.63, 3.8) is 0 Å². The zero-order chi connectivity index (χ0) is 18.7. The maximum absolute atomic E-state index is 13.3. The molecule has 0 atom stereocenters. The number of nitrogens with one attached hydrogen (secondary N) is 2. The highest BCUT2D eigenvalue weighted by Crippen LogP contribution is 2.16. The van der Waals surface area contributed by atoms with E-state index in [1.54, 1.807) is 13.0 Å². The highest BCUT2D eigenvalue weighted by Gasteiger charge is 2.15. The second kappa shape index (κ2) is 7.30. The molecule has 3 aromatic rings. The molecule has 134 valence electrons.